The maximum atomic E-state index is 5.69. The molecule has 1 N–H and O–H groups in total. The van der Waals surface area contributed by atoms with Crippen molar-refractivity contribution in [3.05, 3.63) is 57.2 Å². The van der Waals surface area contributed by atoms with Gasteiger partial charge in [0.05, 0.1) is 6.04 Å². The maximum absolute atomic E-state index is 5.69. The highest BCUT2D eigenvalue weighted by Gasteiger charge is 2.17. The van der Waals surface area contributed by atoms with E-state index in [4.69, 9.17) is 9.47 Å². The van der Waals surface area contributed by atoms with Crippen molar-refractivity contribution >= 4 is 22.6 Å². The van der Waals surface area contributed by atoms with Crippen LogP contribution in [0.5, 0.6) is 11.5 Å². The molecule has 1 heterocycles. The summed E-state index contributed by atoms with van der Waals surface area (Å²) in [6.07, 6.45) is 0. The summed E-state index contributed by atoms with van der Waals surface area (Å²) < 4.78 is 12.5. The number of ether oxygens (including phenoxy) is 2. The van der Waals surface area contributed by atoms with Crippen LogP contribution >= 0.6 is 22.6 Å². The molecule has 2 aromatic rings. The molecule has 3 rings (SSSR count). The fraction of sp³-hybridized carbons (Fsp3) is 0.294. The van der Waals surface area contributed by atoms with Crippen LogP contribution in [0, 0.1) is 3.57 Å². The lowest BCUT2D eigenvalue weighted by Gasteiger charge is -2.23. The molecule has 0 saturated heterocycles. The van der Waals surface area contributed by atoms with Crippen LogP contribution in [-0.4, -0.2) is 19.8 Å². The van der Waals surface area contributed by atoms with Crippen molar-refractivity contribution < 1.29 is 9.47 Å². The third-order valence-electron chi connectivity index (χ3n) is 3.51. The Balaban J connectivity index is 1.95. The van der Waals surface area contributed by atoms with Gasteiger partial charge in [-0.15, -0.1) is 0 Å². The first-order valence-corrected chi connectivity index (χ1v) is 8.24. The molecule has 0 saturated carbocycles. The van der Waals surface area contributed by atoms with Gasteiger partial charge in [0, 0.05) is 3.57 Å². The molecule has 1 aliphatic heterocycles. The topological polar surface area (TPSA) is 30.5 Å². The molecule has 0 fully saturated rings. The molecule has 0 spiro atoms. The molecule has 110 valence electrons. The largest absolute Gasteiger partial charge is 0.486 e. The van der Waals surface area contributed by atoms with E-state index in [0.717, 1.165) is 18.0 Å². The molecule has 0 aliphatic carbocycles. The minimum Gasteiger partial charge on any atom is -0.486 e. The van der Waals surface area contributed by atoms with Gasteiger partial charge in [0.15, 0.2) is 11.5 Å². The van der Waals surface area contributed by atoms with E-state index in [0.29, 0.717) is 13.2 Å². The average Bonchev–Trinajstić information content (AvgIpc) is 2.53. The molecule has 0 aromatic heterocycles. The van der Waals surface area contributed by atoms with Gasteiger partial charge in [-0.05, 0) is 64.5 Å². The second-order valence-corrected chi connectivity index (χ2v) is 6.19. The van der Waals surface area contributed by atoms with Gasteiger partial charge >= 0.3 is 0 Å². The third kappa shape index (κ3) is 3.32. The lowest BCUT2D eigenvalue weighted by Crippen LogP contribution is -2.22. The van der Waals surface area contributed by atoms with Crippen LogP contribution in [0.1, 0.15) is 24.1 Å². The van der Waals surface area contributed by atoms with E-state index in [2.05, 4.69) is 71.2 Å². The maximum Gasteiger partial charge on any atom is 0.161 e. The van der Waals surface area contributed by atoms with Crippen LogP contribution in [-0.2, 0) is 0 Å². The second-order valence-electron chi connectivity index (χ2n) is 4.95. The number of benzene rings is 2. The summed E-state index contributed by atoms with van der Waals surface area (Å²) in [6, 6.07) is 15.0. The Kier molecular flexibility index (Phi) is 4.65. The fourth-order valence-corrected chi connectivity index (χ4v) is 2.89. The molecule has 4 heteroatoms. The SMILES string of the molecule is CCNC(c1ccc(I)cc1)c1ccc2c(c1)OCCO2. The van der Waals surface area contributed by atoms with Gasteiger partial charge in [-0.2, -0.15) is 0 Å². The van der Waals surface area contributed by atoms with Crippen molar-refractivity contribution in [3.8, 4) is 11.5 Å². The summed E-state index contributed by atoms with van der Waals surface area (Å²) in [4.78, 5) is 0. The van der Waals surface area contributed by atoms with E-state index in [1.807, 2.05) is 6.07 Å². The summed E-state index contributed by atoms with van der Waals surface area (Å²) in [6.45, 7) is 4.27. The summed E-state index contributed by atoms with van der Waals surface area (Å²) >= 11 is 2.33. The Morgan fingerprint density at radius 1 is 1.00 bits per heavy atom. The zero-order valence-electron chi connectivity index (χ0n) is 11.9. The summed E-state index contributed by atoms with van der Waals surface area (Å²) in [5, 5.41) is 3.54. The normalized spacial score (nSPS) is 14.8. The lowest BCUT2D eigenvalue weighted by molar-refractivity contribution is 0.171. The van der Waals surface area contributed by atoms with Gasteiger partial charge in [-0.3, -0.25) is 0 Å². The standard InChI is InChI=1S/C17H18INO2/c1-2-19-17(12-3-6-14(18)7-4-12)13-5-8-15-16(11-13)21-10-9-20-15/h3-8,11,17,19H,2,9-10H2,1H3. The minimum absolute atomic E-state index is 0.169. The van der Waals surface area contributed by atoms with Gasteiger partial charge in [0.1, 0.15) is 13.2 Å². The first kappa shape index (κ1) is 14.7. The van der Waals surface area contributed by atoms with Crippen LogP contribution in [0.2, 0.25) is 0 Å². The first-order valence-electron chi connectivity index (χ1n) is 7.16. The Morgan fingerprint density at radius 3 is 2.38 bits per heavy atom. The highest BCUT2D eigenvalue weighted by atomic mass is 127. The minimum atomic E-state index is 0.169. The average molecular weight is 395 g/mol. The Labute approximate surface area is 138 Å². The summed E-state index contributed by atoms with van der Waals surface area (Å²) in [7, 11) is 0. The number of halogens is 1. The quantitative estimate of drug-likeness (QED) is 0.800. The first-order chi connectivity index (χ1) is 10.3. The Bertz CT molecular complexity index is 613. The third-order valence-corrected chi connectivity index (χ3v) is 4.23. The van der Waals surface area contributed by atoms with Gasteiger partial charge in [0.2, 0.25) is 0 Å². The second kappa shape index (κ2) is 6.66. The number of hydrogen-bond acceptors (Lipinski definition) is 3. The zero-order valence-corrected chi connectivity index (χ0v) is 14.1. The van der Waals surface area contributed by atoms with E-state index in [-0.39, 0.29) is 6.04 Å². The van der Waals surface area contributed by atoms with Crippen LogP contribution < -0.4 is 14.8 Å². The predicted molar refractivity (Wildman–Crippen MR) is 92.1 cm³/mol. The zero-order chi connectivity index (χ0) is 14.7. The van der Waals surface area contributed by atoms with Gasteiger partial charge < -0.3 is 14.8 Å². The van der Waals surface area contributed by atoms with Gasteiger partial charge in [-0.25, -0.2) is 0 Å². The Morgan fingerprint density at radius 2 is 1.67 bits per heavy atom. The molecule has 0 amide bonds. The molecule has 0 bridgehead atoms. The highest BCUT2D eigenvalue weighted by Crippen LogP contribution is 2.34. The van der Waals surface area contributed by atoms with Crippen molar-refractivity contribution in [3.63, 3.8) is 0 Å². The van der Waals surface area contributed by atoms with E-state index in [1.54, 1.807) is 0 Å². The fourth-order valence-electron chi connectivity index (χ4n) is 2.53. The van der Waals surface area contributed by atoms with E-state index < -0.39 is 0 Å². The van der Waals surface area contributed by atoms with Crippen molar-refractivity contribution in [2.75, 3.05) is 19.8 Å². The van der Waals surface area contributed by atoms with Gasteiger partial charge in [0.25, 0.3) is 0 Å². The number of fused-ring (bicyclic) bond motifs is 1. The molecular formula is C17H18INO2. The van der Waals surface area contributed by atoms with Crippen LogP contribution in [0.3, 0.4) is 0 Å². The van der Waals surface area contributed by atoms with E-state index in [9.17, 15) is 0 Å². The predicted octanol–water partition coefficient (Wildman–Crippen LogP) is 3.76. The molecule has 1 atom stereocenters. The molecule has 1 aliphatic rings. The summed E-state index contributed by atoms with van der Waals surface area (Å²) in [5.41, 5.74) is 2.45. The lowest BCUT2D eigenvalue weighted by atomic mass is 9.98. The number of rotatable bonds is 4. The van der Waals surface area contributed by atoms with E-state index in [1.165, 1.54) is 14.7 Å². The number of hydrogen-bond donors (Lipinski definition) is 1. The molecule has 21 heavy (non-hydrogen) atoms. The van der Waals surface area contributed by atoms with Gasteiger partial charge in [-0.1, -0.05) is 25.1 Å². The van der Waals surface area contributed by atoms with Crippen molar-refractivity contribution in [1.82, 2.24) is 5.32 Å². The molecule has 1 unspecified atom stereocenters. The van der Waals surface area contributed by atoms with Crippen LogP contribution in [0.25, 0.3) is 0 Å². The van der Waals surface area contributed by atoms with Crippen LogP contribution in [0.4, 0.5) is 0 Å². The molecule has 3 nitrogen and oxygen atoms in total. The van der Waals surface area contributed by atoms with Crippen molar-refractivity contribution in [2.45, 2.75) is 13.0 Å². The molecular weight excluding hydrogens is 377 g/mol. The number of nitrogens with one attached hydrogen (secondary N) is 1. The molecule has 0 radical (unpaired) electrons. The monoisotopic (exact) mass is 395 g/mol. The van der Waals surface area contributed by atoms with Crippen LogP contribution in [0.15, 0.2) is 42.5 Å². The molecule has 2 aromatic carbocycles. The smallest absolute Gasteiger partial charge is 0.161 e. The summed E-state index contributed by atoms with van der Waals surface area (Å²) in [5.74, 6) is 1.68. The van der Waals surface area contributed by atoms with E-state index >= 15 is 0 Å². The van der Waals surface area contributed by atoms with Crippen molar-refractivity contribution in [1.29, 1.82) is 0 Å². The Hall–Kier alpha value is -1.27. The highest BCUT2D eigenvalue weighted by molar-refractivity contribution is 14.1. The van der Waals surface area contributed by atoms with Crippen molar-refractivity contribution in [2.24, 2.45) is 0 Å².